The lowest BCUT2D eigenvalue weighted by Gasteiger charge is -2.31. The quantitative estimate of drug-likeness (QED) is 0.733. The number of esters is 1. The molecule has 3 atom stereocenters. The van der Waals surface area contributed by atoms with Gasteiger partial charge in [-0.25, -0.2) is 9.98 Å². The smallest absolute Gasteiger partial charge is 0.306 e. The Morgan fingerprint density at radius 2 is 1.58 bits per heavy atom. The van der Waals surface area contributed by atoms with Crippen LogP contribution >= 0.6 is 11.6 Å². The molecule has 1 aromatic rings. The summed E-state index contributed by atoms with van der Waals surface area (Å²) in [4.78, 5) is 21.4. The number of rotatable bonds is 5. The van der Waals surface area contributed by atoms with Crippen molar-refractivity contribution in [1.29, 1.82) is 0 Å². The first-order valence-electron chi connectivity index (χ1n) is 8.46. The van der Waals surface area contributed by atoms with E-state index in [0.29, 0.717) is 16.8 Å². The van der Waals surface area contributed by atoms with Gasteiger partial charge in [0.1, 0.15) is 12.1 Å². The van der Waals surface area contributed by atoms with E-state index in [1.807, 2.05) is 26.0 Å². The summed E-state index contributed by atoms with van der Waals surface area (Å²) in [7, 11) is 4.51. The van der Waals surface area contributed by atoms with Crippen molar-refractivity contribution in [1.82, 2.24) is 0 Å². The molecule has 1 aromatic carbocycles. The fourth-order valence-corrected chi connectivity index (χ4v) is 3.09. The van der Waals surface area contributed by atoms with E-state index in [1.165, 1.54) is 7.11 Å². The minimum atomic E-state index is -0.481. The van der Waals surface area contributed by atoms with Crippen molar-refractivity contribution >= 4 is 29.4 Å². The van der Waals surface area contributed by atoms with E-state index in [0.717, 1.165) is 5.56 Å². The molecule has 0 spiro atoms. The molecule has 0 bridgehead atoms. The molecule has 1 aliphatic heterocycles. The number of carbonyl (C=O) groups excluding carboxylic acids is 1. The molecule has 0 N–H and O–H groups in total. The molecular formula is C19H25ClN2O4. The van der Waals surface area contributed by atoms with Crippen molar-refractivity contribution in [3.05, 3.63) is 34.9 Å². The highest BCUT2D eigenvalue weighted by Crippen LogP contribution is 2.31. The number of aliphatic imine (C=N–C) groups is 2. The van der Waals surface area contributed by atoms with Gasteiger partial charge in [-0.3, -0.25) is 4.79 Å². The van der Waals surface area contributed by atoms with E-state index in [9.17, 15) is 4.79 Å². The summed E-state index contributed by atoms with van der Waals surface area (Å²) in [5, 5.41) is 0.621. The van der Waals surface area contributed by atoms with Crippen LogP contribution in [-0.4, -0.2) is 51.2 Å². The van der Waals surface area contributed by atoms with Crippen molar-refractivity contribution in [2.24, 2.45) is 15.9 Å². The monoisotopic (exact) mass is 380 g/mol. The number of halogens is 1. The molecule has 0 aromatic heterocycles. The standard InChI is InChI=1S/C19H25ClN2O4/c1-11(2)16-18(25-4)22-17(19(21-16)26-5)14(10-15(23)24-3)12-6-8-13(20)9-7-12/h6-9,11,14,16-17H,10H2,1-5H3/t14-,16-,17+/m1/s1. The summed E-state index contributed by atoms with van der Waals surface area (Å²) in [5.74, 6) is 0.578. The van der Waals surface area contributed by atoms with Crippen LogP contribution in [0.5, 0.6) is 0 Å². The molecule has 0 saturated heterocycles. The predicted octanol–water partition coefficient (Wildman–Crippen LogP) is 3.48. The summed E-state index contributed by atoms with van der Waals surface area (Å²) in [6.45, 7) is 4.09. The lowest BCUT2D eigenvalue weighted by Crippen LogP contribution is -2.40. The van der Waals surface area contributed by atoms with Crippen LogP contribution in [0.1, 0.15) is 31.7 Å². The van der Waals surface area contributed by atoms with E-state index in [-0.39, 0.29) is 30.3 Å². The Morgan fingerprint density at radius 1 is 1.04 bits per heavy atom. The van der Waals surface area contributed by atoms with Crippen LogP contribution in [0.3, 0.4) is 0 Å². The van der Waals surface area contributed by atoms with Gasteiger partial charge < -0.3 is 14.2 Å². The van der Waals surface area contributed by atoms with Crippen LogP contribution < -0.4 is 0 Å². The number of ether oxygens (including phenoxy) is 3. The zero-order valence-electron chi connectivity index (χ0n) is 15.7. The highest BCUT2D eigenvalue weighted by molar-refractivity contribution is 6.30. The molecule has 0 unspecified atom stereocenters. The van der Waals surface area contributed by atoms with Gasteiger partial charge >= 0.3 is 5.97 Å². The third-order valence-corrected chi connectivity index (χ3v) is 4.63. The first-order valence-corrected chi connectivity index (χ1v) is 8.84. The van der Waals surface area contributed by atoms with Gasteiger partial charge in [0.2, 0.25) is 11.8 Å². The number of nitrogens with zero attached hydrogens (tertiary/aromatic N) is 2. The molecule has 0 aliphatic carbocycles. The SMILES string of the molecule is COC(=O)C[C@H](c1ccc(Cl)cc1)[C@@H]1N=C(OC)[C@@H](C(C)C)N=C1OC. The maximum absolute atomic E-state index is 12.0. The molecule has 6 nitrogen and oxygen atoms in total. The van der Waals surface area contributed by atoms with Crippen molar-refractivity contribution in [3.63, 3.8) is 0 Å². The summed E-state index contributed by atoms with van der Waals surface area (Å²) >= 11 is 6.00. The summed E-state index contributed by atoms with van der Waals surface area (Å²) < 4.78 is 15.9. The normalized spacial score (nSPS) is 20.9. The van der Waals surface area contributed by atoms with Crippen molar-refractivity contribution < 1.29 is 19.0 Å². The minimum absolute atomic E-state index is 0.137. The van der Waals surface area contributed by atoms with E-state index in [1.54, 1.807) is 26.4 Å². The summed E-state index contributed by atoms with van der Waals surface area (Å²) in [6.07, 6.45) is 0.137. The molecule has 0 amide bonds. The van der Waals surface area contributed by atoms with E-state index < -0.39 is 6.04 Å². The Labute approximate surface area is 159 Å². The van der Waals surface area contributed by atoms with Crippen molar-refractivity contribution in [2.75, 3.05) is 21.3 Å². The molecule has 2 rings (SSSR count). The molecule has 7 heteroatoms. The molecule has 26 heavy (non-hydrogen) atoms. The molecular weight excluding hydrogens is 356 g/mol. The number of hydrogen-bond donors (Lipinski definition) is 0. The third kappa shape index (κ3) is 4.55. The minimum Gasteiger partial charge on any atom is -0.483 e. The maximum Gasteiger partial charge on any atom is 0.306 e. The van der Waals surface area contributed by atoms with Gasteiger partial charge in [0.15, 0.2) is 0 Å². The van der Waals surface area contributed by atoms with Gasteiger partial charge in [-0.2, -0.15) is 0 Å². The first kappa shape index (κ1) is 20.2. The largest absolute Gasteiger partial charge is 0.483 e. The Bertz CT molecular complexity index is 685. The highest BCUT2D eigenvalue weighted by Gasteiger charge is 2.37. The van der Waals surface area contributed by atoms with Crippen LogP contribution in [-0.2, 0) is 19.0 Å². The molecule has 0 fully saturated rings. The van der Waals surface area contributed by atoms with Crippen molar-refractivity contribution in [3.8, 4) is 0 Å². The van der Waals surface area contributed by atoms with Crippen LogP contribution in [0.4, 0.5) is 0 Å². The maximum atomic E-state index is 12.0. The zero-order chi connectivity index (χ0) is 19.3. The molecule has 142 valence electrons. The van der Waals surface area contributed by atoms with Gasteiger partial charge in [-0.1, -0.05) is 37.6 Å². The third-order valence-electron chi connectivity index (χ3n) is 4.38. The fourth-order valence-electron chi connectivity index (χ4n) is 2.97. The second-order valence-electron chi connectivity index (χ2n) is 6.41. The van der Waals surface area contributed by atoms with Crippen LogP contribution in [0.2, 0.25) is 5.02 Å². The predicted molar refractivity (Wildman–Crippen MR) is 102 cm³/mol. The van der Waals surface area contributed by atoms with E-state index in [2.05, 4.69) is 0 Å². The zero-order valence-corrected chi connectivity index (χ0v) is 16.5. The molecule has 0 saturated carbocycles. The lowest BCUT2D eigenvalue weighted by atomic mass is 9.87. The first-order chi connectivity index (χ1) is 12.4. The number of benzene rings is 1. The Kier molecular flexibility index (Phi) is 7.03. The molecule has 1 aliphatic rings. The van der Waals surface area contributed by atoms with Crippen LogP contribution in [0.15, 0.2) is 34.3 Å². The van der Waals surface area contributed by atoms with Crippen LogP contribution in [0, 0.1) is 5.92 Å². The second kappa shape index (κ2) is 9.03. The summed E-state index contributed by atoms with van der Waals surface area (Å²) in [5.41, 5.74) is 0.900. The number of methoxy groups -OCH3 is 3. The topological polar surface area (TPSA) is 69.5 Å². The van der Waals surface area contributed by atoms with E-state index in [4.69, 9.17) is 35.8 Å². The lowest BCUT2D eigenvalue weighted by molar-refractivity contribution is -0.141. The van der Waals surface area contributed by atoms with E-state index >= 15 is 0 Å². The van der Waals surface area contributed by atoms with Gasteiger partial charge in [-0.05, 0) is 23.6 Å². The highest BCUT2D eigenvalue weighted by atomic mass is 35.5. The Morgan fingerprint density at radius 3 is 2.08 bits per heavy atom. The van der Waals surface area contributed by atoms with Crippen molar-refractivity contribution in [2.45, 2.75) is 38.3 Å². The van der Waals surface area contributed by atoms with Gasteiger partial charge in [0, 0.05) is 10.9 Å². The van der Waals surface area contributed by atoms with Gasteiger partial charge in [-0.15, -0.1) is 0 Å². The average Bonchev–Trinajstić information content (AvgIpc) is 2.65. The molecule has 1 heterocycles. The average molecular weight is 381 g/mol. The Balaban J connectivity index is 2.47. The fraction of sp³-hybridized carbons (Fsp3) is 0.526. The molecule has 0 radical (unpaired) electrons. The number of hydrogen-bond acceptors (Lipinski definition) is 6. The van der Waals surface area contributed by atoms with Crippen LogP contribution in [0.25, 0.3) is 0 Å². The van der Waals surface area contributed by atoms with Gasteiger partial charge in [0.25, 0.3) is 0 Å². The summed E-state index contributed by atoms with van der Waals surface area (Å²) in [6, 6.07) is 6.62. The second-order valence-corrected chi connectivity index (χ2v) is 6.85. The van der Waals surface area contributed by atoms with Gasteiger partial charge in [0.05, 0.1) is 27.8 Å². The number of carbonyl (C=O) groups is 1. The Hall–Kier alpha value is -2.08.